The Labute approximate surface area is 114 Å². The second-order valence-electron chi connectivity index (χ2n) is 3.85. The largest absolute Gasteiger partial charge is 0.496 e. The average molecular weight is 308 g/mol. The van der Waals surface area contributed by atoms with Gasteiger partial charge in [0.15, 0.2) is 0 Å². The maximum Gasteiger partial charge on any atom is 0.133 e. The minimum Gasteiger partial charge on any atom is -0.496 e. The third kappa shape index (κ3) is 2.73. The zero-order valence-corrected chi connectivity index (χ0v) is 11.8. The predicted octanol–water partition coefficient (Wildman–Crippen LogP) is 3.49. The number of methoxy groups -OCH3 is 1. The average Bonchev–Trinajstić information content (AvgIpc) is 2.34. The molecule has 1 aromatic carbocycles. The van der Waals surface area contributed by atoms with Gasteiger partial charge in [-0.1, -0.05) is 0 Å². The van der Waals surface area contributed by atoms with Crippen LogP contribution in [0.1, 0.15) is 5.69 Å². The Balaban J connectivity index is 2.23. The van der Waals surface area contributed by atoms with E-state index in [2.05, 4.69) is 26.2 Å². The number of halogens is 1. The van der Waals surface area contributed by atoms with Gasteiger partial charge in [0.1, 0.15) is 11.6 Å². The lowest BCUT2D eigenvalue weighted by Crippen LogP contribution is -1.98. The van der Waals surface area contributed by atoms with Gasteiger partial charge in [0, 0.05) is 5.69 Å². The van der Waals surface area contributed by atoms with Crippen molar-refractivity contribution in [1.29, 1.82) is 0 Å². The van der Waals surface area contributed by atoms with Crippen molar-refractivity contribution in [3.05, 3.63) is 40.5 Å². The van der Waals surface area contributed by atoms with Crippen LogP contribution in [0.25, 0.3) is 0 Å². The van der Waals surface area contributed by atoms with Gasteiger partial charge in [-0.05, 0) is 53.2 Å². The summed E-state index contributed by atoms with van der Waals surface area (Å²) in [5, 5.41) is 3.21. The summed E-state index contributed by atoms with van der Waals surface area (Å²) in [6.45, 7) is 1.88. The summed E-state index contributed by atoms with van der Waals surface area (Å²) in [5.74, 6) is 1.56. The third-order valence-corrected chi connectivity index (χ3v) is 3.17. The van der Waals surface area contributed by atoms with E-state index in [9.17, 15) is 0 Å². The first-order chi connectivity index (χ1) is 8.60. The number of pyridine rings is 1. The van der Waals surface area contributed by atoms with Crippen molar-refractivity contribution in [3.63, 3.8) is 0 Å². The number of nitrogen functional groups attached to an aromatic ring is 1. The topological polar surface area (TPSA) is 60.2 Å². The first-order valence-electron chi connectivity index (χ1n) is 5.44. The quantitative estimate of drug-likeness (QED) is 0.911. The van der Waals surface area contributed by atoms with Gasteiger partial charge in [-0.25, -0.2) is 4.98 Å². The molecule has 0 bridgehead atoms. The van der Waals surface area contributed by atoms with Crippen molar-refractivity contribution in [2.24, 2.45) is 0 Å². The molecule has 0 unspecified atom stereocenters. The summed E-state index contributed by atoms with van der Waals surface area (Å²) in [4.78, 5) is 4.36. The maximum atomic E-state index is 5.73. The number of ether oxygens (including phenoxy) is 1. The van der Waals surface area contributed by atoms with Gasteiger partial charge >= 0.3 is 0 Å². The molecule has 18 heavy (non-hydrogen) atoms. The van der Waals surface area contributed by atoms with Crippen molar-refractivity contribution in [1.82, 2.24) is 4.98 Å². The molecule has 0 aliphatic rings. The summed E-state index contributed by atoms with van der Waals surface area (Å²) >= 11 is 3.44. The predicted molar refractivity (Wildman–Crippen MR) is 77.4 cm³/mol. The van der Waals surface area contributed by atoms with Crippen LogP contribution in [-0.2, 0) is 0 Å². The summed E-state index contributed by atoms with van der Waals surface area (Å²) in [6, 6.07) is 9.43. The molecule has 0 fully saturated rings. The van der Waals surface area contributed by atoms with Crippen LogP contribution in [0.5, 0.6) is 5.75 Å². The Kier molecular flexibility index (Phi) is 3.72. The van der Waals surface area contributed by atoms with Crippen LogP contribution in [0.15, 0.2) is 34.8 Å². The van der Waals surface area contributed by atoms with E-state index in [1.807, 2.05) is 37.3 Å². The van der Waals surface area contributed by atoms with E-state index in [-0.39, 0.29) is 0 Å². The van der Waals surface area contributed by atoms with Gasteiger partial charge in [0.25, 0.3) is 0 Å². The van der Waals surface area contributed by atoms with Crippen molar-refractivity contribution in [2.45, 2.75) is 6.92 Å². The van der Waals surface area contributed by atoms with E-state index in [0.29, 0.717) is 5.69 Å². The lowest BCUT2D eigenvalue weighted by molar-refractivity contribution is 0.412. The molecule has 0 saturated carbocycles. The maximum absolute atomic E-state index is 5.73. The molecule has 0 amide bonds. The summed E-state index contributed by atoms with van der Waals surface area (Å²) in [7, 11) is 1.64. The van der Waals surface area contributed by atoms with Crippen LogP contribution in [0.4, 0.5) is 17.2 Å². The van der Waals surface area contributed by atoms with Gasteiger partial charge in [-0.2, -0.15) is 0 Å². The van der Waals surface area contributed by atoms with E-state index in [1.54, 1.807) is 7.11 Å². The van der Waals surface area contributed by atoms with Crippen LogP contribution in [0.3, 0.4) is 0 Å². The SMILES string of the molecule is COc1ccc(Nc2ccc(N)c(C)n2)cc1Br. The summed E-state index contributed by atoms with van der Waals surface area (Å²) in [6.07, 6.45) is 0. The Hall–Kier alpha value is -1.75. The number of anilines is 3. The fourth-order valence-electron chi connectivity index (χ4n) is 1.53. The Morgan fingerprint density at radius 2 is 2.06 bits per heavy atom. The lowest BCUT2D eigenvalue weighted by Gasteiger charge is -2.09. The van der Waals surface area contributed by atoms with Crippen LogP contribution >= 0.6 is 15.9 Å². The van der Waals surface area contributed by atoms with E-state index in [1.165, 1.54) is 0 Å². The molecule has 5 heteroatoms. The molecule has 4 nitrogen and oxygen atoms in total. The normalized spacial score (nSPS) is 10.2. The van der Waals surface area contributed by atoms with Gasteiger partial charge in [0.05, 0.1) is 23.0 Å². The molecule has 1 aromatic heterocycles. The van der Waals surface area contributed by atoms with Crippen molar-refractivity contribution >= 4 is 33.1 Å². The van der Waals surface area contributed by atoms with E-state index >= 15 is 0 Å². The molecule has 0 spiro atoms. The Morgan fingerprint density at radius 1 is 1.28 bits per heavy atom. The van der Waals surface area contributed by atoms with Gasteiger partial charge in [-0.3, -0.25) is 0 Å². The van der Waals surface area contributed by atoms with E-state index in [0.717, 1.165) is 27.4 Å². The molecule has 2 aromatic rings. The van der Waals surface area contributed by atoms with Gasteiger partial charge in [-0.15, -0.1) is 0 Å². The molecule has 94 valence electrons. The number of nitrogens with zero attached hydrogens (tertiary/aromatic N) is 1. The zero-order chi connectivity index (χ0) is 13.1. The molecule has 0 aliphatic heterocycles. The minimum absolute atomic E-state index is 0.691. The van der Waals surface area contributed by atoms with Crippen LogP contribution in [0, 0.1) is 6.92 Å². The lowest BCUT2D eigenvalue weighted by atomic mass is 10.3. The fraction of sp³-hybridized carbons (Fsp3) is 0.154. The number of nitrogens with two attached hydrogens (primary N) is 1. The van der Waals surface area contributed by atoms with Crippen molar-refractivity contribution in [2.75, 3.05) is 18.2 Å². The zero-order valence-electron chi connectivity index (χ0n) is 10.2. The van der Waals surface area contributed by atoms with E-state index < -0.39 is 0 Å². The number of benzene rings is 1. The van der Waals surface area contributed by atoms with E-state index in [4.69, 9.17) is 10.5 Å². The molecule has 0 radical (unpaired) electrons. The minimum atomic E-state index is 0.691. The second-order valence-corrected chi connectivity index (χ2v) is 4.70. The fourth-order valence-corrected chi connectivity index (χ4v) is 2.07. The first kappa shape index (κ1) is 12.7. The molecule has 0 saturated heterocycles. The molecule has 0 atom stereocenters. The van der Waals surface area contributed by atoms with Crippen molar-refractivity contribution < 1.29 is 4.74 Å². The highest BCUT2D eigenvalue weighted by atomic mass is 79.9. The first-order valence-corrected chi connectivity index (χ1v) is 6.23. The van der Waals surface area contributed by atoms with Crippen LogP contribution in [-0.4, -0.2) is 12.1 Å². The molecular formula is C13H14BrN3O. The molecule has 1 heterocycles. The smallest absolute Gasteiger partial charge is 0.133 e. The summed E-state index contributed by atoms with van der Waals surface area (Å²) in [5.41, 5.74) is 8.16. The Morgan fingerprint density at radius 3 is 2.67 bits per heavy atom. The number of aryl methyl sites for hydroxylation is 1. The van der Waals surface area contributed by atoms with Crippen LogP contribution in [0.2, 0.25) is 0 Å². The van der Waals surface area contributed by atoms with Crippen molar-refractivity contribution in [3.8, 4) is 5.75 Å². The van der Waals surface area contributed by atoms with Gasteiger partial charge < -0.3 is 15.8 Å². The Bertz CT molecular complexity index is 572. The highest BCUT2D eigenvalue weighted by molar-refractivity contribution is 9.10. The summed E-state index contributed by atoms with van der Waals surface area (Å²) < 4.78 is 6.07. The number of hydrogen-bond acceptors (Lipinski definition) is 4. The number of rotatable bonds is 3. The molecule has 2 rings (SSSR count). The van der Waals surface area contributed by atoms with Crippen LogP contribution < -0.4 is 15.8 Å². The third-order valence-electron chi connectivity index (χ3n) is 2.55. The molecule has 3 N–H and O–H groups in total. The standard InChI is InChI=1S/C13H14BrN3O/c1-8-11(15)4-6-13(16-8)17-9-3-5-12(18-2)10(14)7-9/h3-7H,15H2,1-2H3,(H,16,17). The van der Waals surface area contributed by atoms with Gasteiger partial charge in [0.2, 0.25) is 0 Å². The molecular weight excluding hydrogens is 294 g/mol. The highest BCUT2D eigenvalue weighted by Gasteiger charge is 2.03. The second kappa shape index (κ2) is 5.27. The number of aromatic nitrogens is 1. The monoisotopic (exact) mass is 307 g/mol. The molecule has 0 aliphatic carbocycles. The highest BCUT2D eigenvalue weighted by Crippen LogP contribution is 2.29. The number of nitrogens with one attached hydrogen (secondary N) is 1. The number of hydrogen-bond donors (Lipinski definition) is 2.